The van der Waals surface area contributed by atoms with Crippen molar-refractivity contribution in [3.05, 3.63) is 42.5 Å². The van der Waals surface area contributed by atoms with E-state index >= 15 is 0 Å². The first kappa shape index (κ1) is 10.5. The van der Waals surface area contributed by atoms with E-state index in [1.54, 1.807) is 18.6 Å². The molecule has 1 unspecified atom stereocenters. The molecule has 2 aromatic rings. The predicted octanol–water partition coefficient (Wildman–Crippen LogP) is 0.994. The van der Waals surface area contributed by atoms with Crippen molar-refractivity contribution in [1.29, 1.82) is 0 Å². The molecule has 1 heterocycles. The molecule has 0 spiro atoms. The van der Waals surface area contributed by atoms with Crippen LogP contribution < -0.4 is 5.73 Å². The Hall–Kier alpha value is -2.01. The number of hydrogen-bond donors (Lipinski definition) is 3. The van der Waals surface area contributed by atoms with Gasteiger partial charge in [0.2, 0.25) is 0 Å². The predicted molar refractivity (Wildman–Crippen MR) is 58.9 cm³/mol. The van der Waals surface area contributed by atoms with Crippen LogP contribution in [0.1, 0.15) is 11.6 Å². The van der Waals surface area contributed by atoms with Crippen LogP contribution in [0, 0.1) is 0 Å². The average molecular weight is 219 g/mol. The molecule has 0 aliphatic carbocycles. The number of aromatic hydroxyl groups is 2. The fourth-order valence-electron chi connectivity index (χ4n) is 1.50. The molecule has 0 fully saturated rings. The zero-order chi connectivity index (χ0) is 11.5. The minimum Gasteiger partial charge on any atom is -0.504 e. The molecule has 0 aliphatic rings. The van der Waals surface area contributed by atoms with E-state index < -0.39 is 0 Å². The Morgan fingerprint density at radius 1 is 1.31 bits per heavy atom. The van der Waals surface area contributed by atoms with E-state index in [0.717, 1.165) is 5.56 Å². The summed E-state index contributed by atoms with van der Waals surface area (Å²) < 4.78 is 1.86. The van der Waals surface area contributed by atoms with E-state index in [0.29, 0.717) is 6.54 Å². The molecule has 0 saturated carbocycles. The Balaban J connectivity index is 2.14. The van der Waals surface area contributed by atoms with Gasteiger partial charge in [-0.1, -0.05) is 6.07 Å². The molecule has 1 aromatic carbocycles. The summed E-state index contributed by atoms with van der Waals surface area (Å²) in [5, 5.41) is 18.5. The molecule has 5 heteroatoms. The summed E-state index contributed by atoms with van der Waals surface area (Å²) >= 11 is 0. The van der Waals surface area contributed by atoms with Crippen molar-refractivity contribution >= 4 is 0 Å². The van der Waals surface area contributed by atoms with Gasteiger partial charge in [0.15, 0.2) is 11.5 Å². The van der Waals surface area contributed by atoms with Gasteiger partial charge < -0.3 is 20.5 Å². The number of imidazole rings is 1. The molecule has 5 nitrogen and oxygen atoms in total. The van der Waals surface area contributed by atoms with Gasteiger partial charge in [-0.2, -0.15) is 0 Å². The second-order valence-corrected chi connectivity index (χ2v) is 3.61. The molecule has 0 bridgehead atoms. The highest BCUT2D eigenvalue weighted by molar-refractivity contribution is 5.41. The van der Waals surface area contributed by atoms with Crippen molar-refractivity contribution in [2.45, 2.75) is 12.6 Å². The summed E-state index contributed by atoms with van der Waals surface area (Å²) in [5.41, 5.74) is 6.73. The highest BCUT2D eigenvalue weighted by Crippen LogP contribution is 2.27. The van der Waals surface area contributed by atoms with Crippen LogP contribution in [-0.4, -0.2) is 19.8 Å². The third kappa shape index (κ3) is 2.14. The lowest BCUT2D eigenvalue weighted by molar-refractivity contribution is 0.402. The first-order chi connectivity index (χ1) is 7.66. The normalized spacial score (nSPS) is 12.6. The average Bonchev–Trinajstić information content (AvgIpc) is 2.74. The first-order valence-corrected chi connectivity index (χ1v) is 4.90. The minimum atomic E-state index is -0.249. The standard InChI is InChI=1S/C11H13N3O2/c12-9(6-14-4-3-13-7-14)8-1-2-10(15)11(16)5-8/h1-5,7,9,15-16H,6,12H2. The summed E-state index contributed by atoms with van der Waals surface area (Å²) in [4.78, 5) is 3.92. The van der Waals surface area contributed by atoms with Crippen LogP contribution in [0.3, 0.4) is 0 Å². The van der Waals surface area contributed by atoms with Gasteiger partial charge in [0, 0.05) is 25.0 Å². The van der Waals surface area contributed by atoms with E-state index in [9.17, 15) is 10.2 Å². The fourth-order valence-corrected chi connectivity index (χ4v) is 1.50. The second kappa shape index (κ2) is 4.24. The minimum absolute atomic E-state index is 0.140. The van der Waals surface area contributed by atoms with Crippen LogP contribution >= 0.6 is 0 Å². The van der Waals surface area contributed by atoms with Crippen LogP contribution in [0.15, 0.2) is 36.9 Å². The number of benzene rings is 1. The van der Waals surface area contributed by atoms with Gasteiger partial charge >= 0.3 is 0 Å². The van der Waals surface area contributed by atoms with Gasteiger partial charge in [0.25, 0.3) is 0 Å². The van der Waals surface area contributed by atoms with Gasteiger partial charge in [-0.25, -0.2) is 4.98 Å². The topological polar surface area (TPSA) is 84.3 Å². The molecular formula is C11H13N3O2. The van der Waals surface area contributed by atoms with Crippen LogP contribution in [0.25, 0.3) is 0 Å². The Bertz CT molecular complexity index is 468. The molecule has 84 valence electrons. The second-order valence-electron chi connectivity index (χ2n) is 3.61. The van der Waals surface area contributed by atoms with Crippen molar-refractivity contribution in [2.24, 2.45) is 5.73 Å². The molecule has 0 saturated heterocycles. The SMILES string of the molecule is NC(Cn1ccnc1)c1ccc(O)c(O)c1. The zero-order valence-electron chi connectivity index (χ0n) is 8.61. The fraction of sp³-hybridized carbons (Fsp3) is 0.182. The Morgan fingerprint density at radius 2 is 2.12 bits per heavy atom. The number of nitrogens with two attached hydrogens (primary N) is 1. The lowest BCUT2D eigenvalue weighted by atomic mass is 10.1. The van der Waals surface area contributed by atoms with Gasteiger partial charge in [0.05, 0.1) is 6.33 Å². The Labute approximate surface area is 92.8 Å². The molecule has 1 atom stereocenters. The number of hydrogen-bond acceptors (Lipinski definition) is 4. The largest absolute Gasteiger partial charge is 0.504 e. The number of phenolic OH excluding ortho intramolecular Hbond substituents is 2. The van der Waals surface area contributed by atoms with E-state index in [-0.39, 0.29) is 17.5 Å². The lowest BCUT2D eigenvalue weighted by Gasteiger charge is -2.13. The van der Waals surface area contributed by atoms with Crippen molar-refractivity contribution in [3.8, 4) is 11.5 Å². The van der Waals surface area contributed by atoms with Crippen LogP contribution in [0.5, 0.6) is 11.5 Å². The molecule has 4 N–H and O–H groups in total. The van der Waals surface area contributed by atoms with Crippen LogP contribution in [-0.2, 0) is 6.54 Å². The van der Waals surface area contributed by atoms with Crippen molar-refractivity contribution in [1.82, 2.24) is 9.55 Å². The van der Waals surface area contributed by atoms with Gasteiger partial charge in [-0.3, -0.25) is 0 Å². The lowest BCUT2D eigenvalue weighted by Crippen LogP contribution is -2.16. The molecule has 0 radical (unpaired) electrons. The summed E-state index contributed by atoms with van der Waals surface area (Å²) in [7, 11) is 0. The summed E-state index contributed by atoms with van der Waals surface area (Å²) in [6, 6.07) is 4.34. The molecule has 16 heavy (non-hydrogen) atoms. The van der Waals surface area contributed by atoms with Crippen LogP contribution in [0.2, 0.25) is 0 Å². The van der Waals surface area contributed by atoms with E-state index in [4.69, 9.17) is 5.73 Å². The molecular weight excluding hydrogens is 206 g/mol. The molecule has 2 rings (SSSR count). The van der Waals surface area contributed by atoms with Gasteiger partial charge in [0.1, 0.15) is 0 Å². The number of rotatable bonds is 3. The highest BCUT2D eigenvalue weighted by atomic mass is 16.3. The summed E-state index contributed by atoms with van der Waals surface area (Å²) in [6.07, 6.45) is 5.18. The van der Waals surface area contributed by atoms with E-state index in [1.807, 2.05) is 10.8 Å². The molecule has 0 aliphatic heterocycles. The molecule has 0 amide bonds. The Kier molecular flexibility index (Phi) is 2.78. The quantitative estimate of drug-likeness (QED) is 0.672. The van der Waals surface area contributed by atoms with E-state index in [2.05, 4.69) is 4.98 Å². The summed E-state index contributed by atoms with van der Waals surface area (Å²) in [6.45, 7) is 0.574. The van der Waals surface area contributed by atoms with E-state index in [1.165, 1.54) is 12.1 Å². The number of nitrogens with zero attached hydrogens (tertiary/aromatic N) is 2. The maximum atomic E-state index is 9.35. The van der Waals surface area contributed by atoms with Crippen molar-refractivity contribution in [2.75, 3.05) is 0 Å². The maximum absolute atomic E-state index is 9.35. The van der Waals surface area contributed by atoms with Crippen molar-refractivity contribution in [3.63, 3.8) is 0 Å². The van der Waals surface area contributed by atoms with Gasteiger partial charge in [-0.15, -0.1) is 0 Å². The summed E-state index contributed by atoms with van der Waals surface area (Å²) in [5.74, 6) is -0.294. The number of phenols is 2. The number of aromatic nitrogens is 2. The van der Waals surface area contributed by atoms with Crippen LogP contribution in [0.4, 0.5) is 0 Å². The third-order valence-corrected chi connectivity index (χ3v) is 2.39. The van der Waals surface area contributed by atoms with Gasteiger partial charge in [-0.05, 0) is 17.7 Å². The Morgan fingerprint density at radius 3 is 2.75 bits per heavy atom. The monoisotopic (exact) mass is 219 g/mol. The highest BCUT2D eigenvalue weighted by Gasteiger charge is 2.09. The zero-order valence-corrected chi connectivity index (χ0v) is 8.61. The third-order valence-electron chi connectivity index (χ3n) is 2.39. The van der Waals surface area contributed by atoms with Crippen molar-refractivity contribution < 1.29 is 10.2 Å². The first-order valence-electron chi connectivity index (χ1n) is 4.90. The smallest absolute Gasteiger partial charge is 0.157 e. The maximum Gasteiger partial charge on any atom is 0.157 e. The molecule has 1 aromatic heterocycles.